The number of nitrogens with zero attached hydrogens (tertiary/aromatic N) is 6. The van der Waals surface area contributed by atoms with E-state index in [2.05, 4.69) is 48.5 Å². The highest BCUT2D eigenvalue weighted by molar-refractivity contribution is 5.79. The Kier molecular flexibility index (Phi) is 6.89. The molecule has 0 aliphatic carbocycles. The van der Waals surface area contributed by atoms with Gasteiger partial charge in [0.1, 0.15) is 11.9 Å². The fourth-order valence-electron chi connectivity index (χ4n) is 5.38. The number of aromatic nitrogens is 5. The SMILES string of the molecule is Cc1ccc2[nH]c(=O)c([C@H](c3nnnn3CCc3ccccc3)N3CCN(c4ccc(F)cc4)CC3)cc2c1. The molecule has 0 unspecified atom stereocenters. The Balaban J connectivity index is 1.35. The summed E-state index contributed by atoms with van der Waals surface area (Å²) in [6.45, 7) is 5.50. The number of halogens is 1. The van der Waals surface area contributed by atoms with Gasteiger partial charge in [-0.05, 0) is 77.2 Å². The number of piperazine rings is 1. The van der Waals surface area contributed by atoms with E-state index in [-0.39, 0.29) is 11.4 Å². The minimum absolute atomic E-state index is 0.144. The quantitative estimate of drug-likeness (QED) is 0.346. The van der Waals surface area contributed by atoms with Gasteiger partial charge in [-0.1, -0.05) is 42.0 Å². The molecule has 6 rings (SSSR count). The number of H-pyrrole nitrogens is 1. The molecule has 8 nitrogen and oxygen atoms in total. The van der Waals surface area contributed by atoms with Gasteiger partial charge in [-0.15, -0.1) is 5.10 Å². The van der Waals surface area contributed by atoms with Crippen molar-refractivity contribution in [3.63, 3.8) is 0 Å². The second-order valence-corrected chi connectivity index (χ2v) is 10.0. The van der Waals surface area contributed by atoms with Crippen LogP contribution in [-0.4, -0.2) is 56.3 Å². The van der Waals surface area contributed by atoms with E-state index in [1.165, 1.54) is 17.7 Å². The summed E-state index contributed by atoms with van der Waals surface area (Å²) in [5.41, 5.74) is 4.59. The van der Waals surface area contributed by atoms with Gasteiger partial charge in [0.25, 0.3) is 5.56 Å². The van der Waals surface area contributed by atoms with Crippen molar-refractivity contribution in [2.45, 2.75) is 25.9 Å². The average Bonchev–Trinajstić information content (AvgIpc) is 3.42. The maximum Gasteiger partial charge on any atom is 0.253 e. The fraction of sp³-hybridized carbons (Fsp3) is 0.267. The summed E-state index contributed by atoms with van der Waals surface area (Å²) in [5, 5.41) is 13.8. The first-order valence-electron chi connectivity index (χ1n) is 13.2. The maximum absolute atomic E-state index is 13.5. The summed E-state index contributed by atoms with van der Waals surface area (Å²) in [6, 6.07) is 24.4. The normalized spacial score (nSPS) is 15.1. The van der Waals surface area contributed by atoms with Crippen molar-refractivity contribution in [3.8, 4) is 0 Å². The molecule has 3 aromatic carbocycles. The Morgan fingerprint density at radius 1 is 0.949 bits per heavy atom. The molecule has 1 aliphatic heterocycles. The van der Waals surface area contributed by atoms with Crippen LogP contribution in [-0.2, 0) is 13.0 Å². The molecule has 0 saturated carbocycles. The van der Waals surface area contributed by atoms with Gasteiger partial charge in [-0.2, -0.15) is 0 Å². The number of tetrazole rings is 1. The number of rotatable bonds is 7. The second-order valence-electron chi connectivity index (χ2n) is 10.0. The van der Waals surface area contributed by atoms with Gasteiger partial charge in [0.2, 0.25) is 0 Å². The zero-order valence-electron chi connectivity index (χ0n) is 21.8. The minimum Gasteiger partial charge on any atom is -0.369 e. The molecule has 39 heavy (non-hydrogen) atoms. The third-order valence-electron chi connectivity index (χ3n) is 7.45. The molecular weight excluding hydrogens is 493 g/mol. The van der Waals surface area contributed by atoms with Gasteiger partial charge in [0, 0.05) is 49.5 Å². The van der Waals surface area contributed by atoms with Crippen LogP contribution in [0.3, 0.4) is 0 Å². The number of aromatic amines is 1. The van der Waals surface area contributed by atoms with E-state index in [9.17, 15) is 9.18 Å². The van der Waals surface area contributed by atoms with Gasteiger partial charge in [-0.25, -0.2) is 9.07 Å². The van der Waals surface area contributed by atoms with Crippen LogP contribution in [0.4, 0.5) is 10.1 Å². The van der Waals surface area contributed by atoms with Crippen LogP contribution in [0, 0.1) is 12.7 Å². The lowest BCUT2D eigenvalue weighted by atomic mass is 10.0. The van der Waals surface area contributed by atoms with E-state index in [0.29, 0.717) is 31.0 Å². The lowest BCUT2D eigenvalue weighted by Crippen LogP contribution is -2.49. The number of hydrogen-bond donors (Lipinski definition) is 1. The number of hydrogen-bond acceptors (Lipinski definition) is 6. The topological polar surface area (TPSA) is 82.9 Å². The van der Waals surface area contributed by atoms with Crippen molar-refractivity contribution >= 4 is 16.6 Å². The fourth-order valence-corrected chi connectivity index (χ4v) is 5.38. The predicted octanol–water partition coefficient (Wildman–Crippen LogP) is 4.12. The largest absolute Gasteiger partial charge is 0.369 e. The van der Waals surface area contributed by atoms with Crippen LogP contribution in [0.2, 0.25) is 0 Å². The first kappa shape index (κ1) is 24.9. The lowest BCUT2D eigenvalue weighted by Gasteiger charge is -2.39. The molecule has 1 aliphatic rings. The number of fused-ring (bicyclic) bond motifs is 1. The van der Waals surface area contributed by atoms with Crippen LogP contribution in [0.1, 0.15) is 28.6 Å². The summed E-state index contributed by atoms with van der Waals surface area (Å²) in [7, 11) is 0. The zero-order chi connectivity index (χ0) is 26.8. The Morgan fingerprint density at radius 3 is 2.49 bits per heavy atom. The van der Waals surface area contributed by atoms with Crippen molar-refractivity contribution in [3.05, 3.63) is 118 Å². The van der Waals surface area contributed by atoms with Crippen molar-refractivity contribution in [2.24, 2.45) is 0 Å². The Bertz CT molecular complexity index is 1620. The average molecular weight is 524 g/mol. The van der Waals surface area contributed by atoms with Crippen molar-refractivity contribution in [1.82, 2.24) is 30.1 Å². The molecule has 3 heterocycles. The van der Waals surface area contributed by atoms with E-state index in [1.54, 1.807) is 0 Å². The van der Waals surface area contributed by atoms with E-state index < -0.39 is 6.04 Å². The first-order chi connectivity index (χ1) is 19.0. The van der Waals surface area contributed by atoms with E-state index >= 15 is 0 Å². The van der Waals surface area contributed by atoms with Gasteiger partial charge in [0.05, 0.1) is 0 Å². The second kappa shape index (κ2) is 10.8. The number of benzene rings is 3. The van der Waals surface area contributed by atoms with Gasteiger partial charge in [-0.3, -0.25) is 9.69 Å². The van der Waals surface area contributed by atoms with Crippen LogP contribution >= 0.6 is 0 Å². The molecule has 198 valence electrons. The van der Waals surface area contributed by atoms with E-state index in [1.807, 2.05) is 60.1 Å². The molecule has 5 aromatic rings. The third-order valence-corrected chi connectivity index (χ3v) is 7.45. The smallest absolute Gasteiger partial charge is 0.253 e. The van der Waals surface area contributed by atoms with Gasteiger partial charge in [0.15, 0.2) is 5.82 Å². The van der Waals surface area contributed by atoms with Crippen LogP contribution in [0.15, 0.2) is 83.7 Å². The number of anilines is 1. The molecule has 1 saturated heterocycles. The van der Waals surface area contributed by atoms with E-state index in [0.717, 1.165) is 41.7 Å². The summed E-state index contributed by atoms with van der Waals surface area (Å²) >= 11 is 0. The summed E-state index contributed by atoms with van der Waals surface area (Å²) in [6.07, 6.45) is 0.775. The number of nitrogens with one attached hydrogen (secondary N) is 1. The molecule has 2 aromatic heterocycles. The van der Waals surface area contributed by atoms with Crippen molar-refractivity contribution < 1.29 is 4.39 Å². The van der Waals surface area contributed by atoms with Crippen LogP contribution < -0.4 is 10.5 Å². The van der Waals surface area contributed by atoms with Crippen molar-refractivity contribution in [2.75, 3.05) is 31.1 Å². The summed E-state index contributed by atoms with van der Waals surface area (Å²) < 4.78 is 15.3. The highest BCUT2D eigenvalue weighted by atomic mass is 19.1. The standard InChI is InChI=1S/C30H30FN7O/c1-21-7-12-27-23(19-21)20-26(30(39)32-27)28(29-33-34-35-38(29)14-13-22-5-3-2-4-6-22)37-17-15-36(16-18-37)25-10-8-24(31)9-11-25/h2-12,19-20,28H,13-18H2,1H3,(H,32,39)/t28-/m1/s1. The summed E-state index contributed by atoms with van der Waals surface area (Å²) in [5.74, 6) is 0.407. The molecule has 1 atom stereocenters. The molecular formula is C30H30FN7O. The highest BCUT2D eigenvalue weighted by Gasteiger charge is 2.32. The Hall–Kier alpha value is -4.37. The van der Waals surface area contributed by atoms with Crippen molar-refractivity contribution in [1.29, 1.82) is 0 Å². The Morgan fingerprint density at radius 2 is 1.72 bits per heavy atom. The number of pyridine rings is 1. The van der Waals surface area contributed by atoms with Gasteiger partial charge >= 0.3 is 0 Å². The van der Waals surface area contributed by atoms with Crippen LogP contribution in [0.5, 0.6) is 0 Å². The minimum atomic E-state index is -0.417. The molecule has 0 radical (unpaired) electrons. The monoisotopic (exact) mass is 523 g/mol. The lowest BCUT2D eigenvalue weighted by molar-refractivity contribution is 0.199. The van der Waals surface area contributed by atoms with Gasteiger partial charge < -0.3 is 9.88 Å². The Labute approximate surface area is 225 Å². The maximum atomic E-state index is 13.5. The predicted molar refractivity (Wildman–Crippen MR) is 149 cm³/mol. The molecule has 0 spiro atoms. The molecule has 1 fully saturated rings. The molecule has 9 heteroatoms. The van der Waals surface area contributed by atoms with E-state index in [4.69, 9.17) is 0 Å². The summed E-state index contributed by atoms with van der Waals surface area (Å²) in [4.78, 5) is 21.1. The number of aryl methyl sites for hydroxylation is 3. The molecule has 1 N–H and O–H groups in total. The molecule has 0 amide bonds. The van der Waals surface area contributed by atoms with Crippen LogP contribution in [0.25, 0.3) is 10.9 Å². The molecule has 0 bridgehead atoms. The highest BCUT2D eigenvalue weighted by Crippen LogP contribution is 2.29. The first-order valence-corrected chi connectivity index (χ1v) is 13.2. The zero-order valence-corrected chi connectivity index (χ0v) is 21.8. The third kappa shape index (κ3) is 5.31.